The van der Waals surface area contributed by atoms with Gasteiger partial charge in [0.15, 0.2) is 0 Å². The van der Waals surface area contributed by atoms with E-state index in [0.717, 1.165) is 0 Å². The topological polar surface area (TPSA) is 17.1 Å². The molecule has 0 spiro atoms. The highest BCUT2D eigenvalue weighted by Gasteiger charge is 1.83. The van der Waals surface area contributed by atoms with Crippen molar-refractivity contribution < 1.29 is 4.79 Å². The Morgan fingerprint density at radius 2 is 2.00 bits per heavy atom. The lowest BCUT2D eigenvalue weighted by atomic mass is 11.3. The highest BCUT2D eigenvalue weighted by atomic mass is 35.5. The zero-order chi connectivity index (χ0) is 4.28. The molecule has 0 bridgehead atoms. The quantitative estimate of drug-likeness (QED) is 0.282. The second-order valence-corrected chi connectivity index (χ2v) is 1.18. The molecule has 0 aliphatic carbocycles. The Hall–Kier alpha value is 0.250. The molecule has 0 heterocycles. The molecule has 5 heavy (non-hydrogen) atoms. The lowest BCUT2D eigenvalue weighted by Gasteiger charge is -1.65. The fraction of sp³-hybridized carbons (Fsp3) is 0.500. The average molecular weight is 114 g/mol. The van der Waals surface area contributed by atoms with Gasteiger partial charge in [0.05, 0.1) is 5.88 Å². The van der Waals surface area contributed by atoms with Crippen LogP contribution in [0, 0.1) is 0 Å². The van der Waals surface area contributed by atoms with E-state index >= 15 is 0 Å². The Balaban J connectivity index is 2.85. The molecule has 0 aromatic heterocycles. The van der Waals surface area contributed by atoms with Crippen molar-refractivity contribution >= 4 is 28.4 Å². The summed E-state index contributed by atoms with van der Waals surface area (Å²) in [4.78, 5) is 9.45. The molecule has 0 aliphatic heterocycles. The average Bonchev–Trinajstić information content (AvgIpc) is 1.38. The summed E-state index contributed by atoms with van der Waals surface area (Å²) < 4.78 is 0. The predicted octanol–water partition coefficient (Wildman–Crippen LogP) is 0.991. The normalized spacial score (nSPS) is 7.60. The Morgan fingerprint density at radius 1 is 1.80 bits per heavy atom. The molecule has 0 rings (SSSR count). The highest BCUT2D eigenvalue weighted by molar-refractivity contribution is 6.67. The van der Waals surface area contributed by atoms with Crippen molar-refractivity contribution in [1.29, 1.82) is 0 Å². The summed E-state index contributed by atoms with van der Waals surface area (Å²) in [7, 11) is 0. The molecule has 0 saturated carbocycles. The Morgan fingerprint density at radius 3 is 2.00 bits per heavy atom. The number of hydrogen-bond donors (Lipinski definition) is 0. The minimum Gasteiger partial charge on any atom is -0.280 e. The van der Waals surface area contributed by atoms with E-state index in [1.54, 1.807) is 0 Å². The van der Waals surface area contributed by atoms with Gasteiger partial charge in [-0.05, 0) is 11.6 Å². The van der Waals surface area contributed by atoms with Gasteiger partial charge in [-0.2, -0.15) is 0 Å². The number of alkyl halides is 1. The molecule has 0 unspecified atom stereocenters. The lowest BCUT2D eigenvalue weighted by molar-refractivity contribution is -0.109. The zero-order valence-electron chi connectivity index (χ0n) is 2.37. The number of carbonyl (C=O) groups is 1. The van der Waals surface area contributed by atoms with Crippen LogP contribution in [0.15, 0.2) is 0 Å². The minimum absolute atomic E-state index is 0.0957. The number of halogens is 2. The van der Waals surface area contributed by atoms with Crippen LogP contribution in [0.5, 0.6) is 0 Å². The van der Waals surface area contributed by atoms with Gasteiger partial charge in [-0.15, -0.1) is 11.6 Å². The monoisotopic (exact) mass is 113 g/mol. The second kappa shape index (κ2) is 2.49. The van der Waals surface area contributed by atoms with Crippen LogP contribution in [0.1, 0.15) is 0 Å². The van der Waals surface area contributed by atoms with Gasteiger partial charge in [-0.1, -0.05) is 0 Å². The number of rotatable bonds is 1. The van der Waals surface area contributed by atoms with Gasteiger partial charge in [0.25, 0.3) is 0 Å². The smallest absolute Gasteiger partial charge is 0.236 e. The first kappa shape index (κ1) is 5.25. The summed E-state index contributed by atoms with van der Waals surface area (Å²) in [5.74, 6) is -0.0957. The van der Waals surface area contributed by atoms with Gasteiger partial charge >= 0.3 is 0 Å². The number of hydrogen-bond acceptors (Lipinski definition) is 1. The van der Waals surface area contributed by atoms with Crippen molar-refractivity contribution in [2.75, 3.05) is 5.88 Å². The van der Waals surface area contributed by atoms with E-state index in [0.29, 0.717) is 0 Å². The minimum atomic E-state index is -0.508. The van der Waals surface area contributed by atoms with Crippen molar-refractivity contribution in [2.45, 2.75) is 0 Å². The van der Waals surface area contributed by atoms with Gasteiger partial charge in [0.2, 0.25) is 5.24 Å². The van der Waals surface area contributed by atoms with Crippen LogP contribution < -0.4 is 0 Å². The van der Waals surface area contributed by atoms with Crippen molar-refractivity contribution in [1.82, 2.24) is 0 Å². The third kappa shape index (κ3) is 4.25. The summed E-state index contributed by atoms with van der Waals surface area (Å²) in [5.41, 5.74) is 0. The predicted molar refractivity (Wildman–Crippen MR) is 21.6 cm³/mol. The van der Waals surface area contributed by atoms with E-state index in [1.165, 1.54) is 0 Å². The van der Waals surface area contributed by atoms with Gasteiger partial charge in [0, 0.05) is 0 Å². The molecule has 0 aromatic rings. The van der Waals surface area contributed by atoms with Crippen LogP contribution in [0.4, 0.5) is 0 Å². The third-order valence-electron chi connectivity index (χ3n) is 0.105. The molecular weight excluding hydrogens is 112 g/mol. The zero-order valence-corrected chi connectivity index (χ0v) is 3.88. The molecule has 0 saturated heterocycles. The first-order valence-corrected chi connectivity index (χ1v) is 1.93. The maximum atomic E-state index is 9.45. The second-order valence-electron chi connectivity index (χ2n) is 0.489. The number of carbonyl (C=O) groups excluding carboxylic acids is 1. The van der Waals surface area contributed by atoms with E-state index < -0.39 is 5.24 Å². The van der Waals surface area contributed by atoms with Crippen LogP contribution in [0.2, 0.25) is 0 Å². The molecule has 30 valence electrons. The van der Waals surface area contributed by atoms with Gasteiger partial charge in [-0.3, -0.25) is 4.79 Å². The first-order chi connectivity index (χ1) is 2.27. The fourth-order valence-electron chi connectivity index (χ4n) is 0. The standard InChI is InChI=1S/C2H2Cl2O/c3-1-2(4)5/h1H2/i1+1. The van der Waals surface area contributed by atoms with Crippen LogP contribution in [0.3, 0.4) is 0 Å². The molecule has 0 N–H and O–H groups in total. The molecule has 0 amide bonds. The van der Waals surface area contributed by atoms with Crippen LogP contribution in [-0.2, 0) is 4.79 Å². The summed E-state index contributed by atoms with van der Waals surface area (Å²) in [5, 5.41) is -0.508. The third-order valence-corrected chi connectivity index (χ3v) is 0.618. The summed E-state index contributed by atoms with van der Waals surface area (Å²) in [6.07, 6.45) is 0. The molecule has 0 fully saturated rings. The molecule has 0 radical (unpaired) electrons. The van der Waals surface area contributed by atoms with Gasteiger partial charge in [-0.25, -0.2) is 0 Å². The molecule has 0 aromatic carbocycles. The van der Waals surface area contributed by atoms with Crippen LogP contribution in [-0.4, -0.2) is 11.1 Å². The van der Waals surface area contributed by atoms with E-state index in [-0.39, 0.29) is 5.88 Å². The van der Waals surface area contributed by atoms with E-state index in [2.05, 4.69) is 0 Å². The molecule has 0 atom stereocenters. The largest absolute Gasteiger partial charge is 0.280 e. The lowest BCUT2D eigenvalue weighted by Crippen LogP contribution is -1.81. The van der Waals surface area contributed by atoms with E-state index in [4.69, 9.17) is 23.2 Å². The van der Waals surface area contributed by atoms with Crippen molar-refractivity contribution in [3.05, 3.63) is 0 Å². The Bertz CT molecular complexity index is 42.9. The Labute approximate surface area is 39.9 Å². The maximum Gasteiger partial charge on any atom is 0.236 e. The SMILES string of the molecule is O=C(Cl)[13CH2]Cl. The first-order valence-electron chi connectivity index (χ1n) is 1.01. The van der Waals surface area contributed by atoms with E-state index in [9.17, 15) is 4.79 Å². The highest BCUT2D eigenvalue weighted by Crippen LogP contribution is 1.80. The molecule has 1 nitrogen and oxygen atoms in total. The fourth-order valence-corrected chi connectivity index (χ4v) is 0. The van der Waals surface area contributed by atoms with Crippen LogP contribution >= 0.6 is 23.2 Å². The van der Waals surface area contributed by atoms with Gasteiger partial charge in [0.1, 0.15) is 0 Å². The molecule has 0 aliphatic rings. The molecule has 3 heteroatoms. The molecular formula is C2H2Cl2O. The summed E-state index contributed by atoms with van der Waals surface area (Å²) >= 11 is 9.55. The summed E-state index contributed by atoms with van der Waals surface area (Å²) in [6.45, 7) is 0. The van der Waals surface area contributed by atoms with E-state index in [1.807, 2.05) is 0 Å². The van der Waals surface area contributed by atoms with Crippen molar-refractivity contribution in [3.8, 4) is 0 Å². The van der Waals surface area contributed by atoms with Crippen molar-refractivity contribution in [2.24, 2.45) is 0 Å². The Kier molecular flexibility index (Phi) is 2.61. The van der Waals surface area contributed by atoms with Gasteiger partial charge < -0.3 is 0 Å². The van der Waals surface area contributed by atoms with Crippen molar-refractivity contribution in [3.63, 3.8) is 0 Å². The summed E-state index contributed by atoms with van der Waals surface area (Å²) in [6, 6.07) is 0. The van der Waals surface area contributed by atoms with Crippen LogP contribution in [0.25, 0.3) is 0 Å². The maximum absolute atomic E-state index is 9.45.